The first-order valence-electron chi connectivity index (χ1n) is 9.69. The zero-order chi connectivity index (χ0) is 20.1. The van der Waals surface area contributed by atoms with Gasteiger partial charge in [-0.2, -0.15) is 0 Å². The normalized spacial score (nSPS) is 14.8. The average molecular weight is 385 g/mol. The molecule has 1 aliphatic heterocycles. The van der Waals surface area contributed by atoms with Crippen molar-refractivity contribution in [2.75, 3.05) is 25.0 Å². The van der Waals surface area contributed by atoms with Crippen LogP contribution >= 0.6 is 0 Å². The molecule has 1 heterocycles. The number of hydrogen-bond donors (Lipinski definition) is 2. The molecule has 0 unspecified atom stereocenters. The Bertz CT molecular complexity index is 819. The Morgan fingerprint density at radius 1 is 1.25 bits per heavy atom. The maximum absolute atomic E-state index is 14.5. The van der Waals surface area contributed by atoms with Gasteiger partial charge in [-0.05, 0) is 48.6 Å². The molecule has 6 heteroatoms. The van der Waals surface area contributed by atoms with Gasteiger partial charge < -0.3 is 20.2 Å². The van der Waals surface area contributed by atoms with Crippen molar-refractivity contribution >= 4 is 11.7 Å². The highest BCUT2D eigenvalue weighted by Crippen LogP contribution is 2.24. The number of benzene rings is 2. The summed E-state index contributed by atoms with van der Waals surface area (Å²) in [6.45, 7) is 4.11. The number of piperidine rings is 1. The lowest BCUT2D eigenvalue weighted by molar-refractivity contribution is 0.145. The smallest absolute Gasteiger partial charge is 0.317 e. The van der Waals surface area contributed by atoms with Crippen LogP contribution in [0.2, 0.25) is 0 Å². The molecule has 0 spiro atoms. The number of urea groups is 1. The molecule has 3 rings (SSSR count). The van der Waals surface area contributed by atoms with Crippen LogP contribution in [-0.2, 0) is 13.1 Å². The number of carbonyl (C=O) groups is 1. The van der Waals surface area contributed by atoms with E-state index in [9.17, 15) is 14.3 Å². The van der Waals surface area contributed by atoms with E-state index in [2.05, 4.69) is 5.32 Å². The summed E-state index contributed by atoms with van der Waals surface area (Å²) < 4.78 is 14.5. The Labute approximate surface area is 165 Å². The predicted octanol–water partition coefficient (Wildman–Crippen LogP) is 3.44. The van der Waals surface area contributed by atoms with Gasteiger partial charge in [-0.1, -0.05) is 30.3 Å². The first kappa shape index (κ1) is 20.1. The monoisotopic (exact) mass is 385 g/mol. The maximum Gasteiger partial charge on any atom is 0.317 e. The van der Waals surface area contributed by atoms with Crippen molar-refractivity contribution < 1.29 is 14.3 Å². The first-order valence-corrected chi connectivity index (χ1v) is 9.69. The summed E-state index contributed by atoms with van der Waals surface area (Å²) in [7, 11) is 1.75. The van der Waals surface area contributed by atoms with Gasteiger partial charge in [0.1, 0.15) is 5.82 Å². The molecule has 0 bridgehead atoms. The predicted molar refractivity (Wildman–Crippen MR) is 109 cm³/mol. The molecule has 2 amide bonds. The molecular weight excluding hydrogens is 357 g/mol. The second-order valence-corrected chi connectivity index (χ2v) is 7.45. The highest BCUT2D eigenvalue weighted by Gasteiger charge is 2.20. The zero-order valence-corrected chi connectivity index (χ0v) is 16.5. The molecule has 28 heavy (non-hydrogen) atoms. The molecule has 1 saturated heterocycles. The van der Waals surface area contributed by atoms with Gasteiger partial charge in [-0.25, -0.2) is 9.18 Å². The summed E-state index contributed by atoms with van der Waals surface area (Å²) in [4.78, 5) is 15.9. The molecular formula is C22H28FN3O2. The number of anilines is 1. The Kier molecular flexibility index (Phi) is 6.52. The van der Waals surface area contributed by atoms with Crippen molar-refractivity contribution in [1.29, 1.82) is 0 Å². The van der Waals surface area contributed by atoms with E-state index >= 15 is 0 Å². The number of rotatable bonds is 5. The highest BCUT2D eigenvalue weighted by atomic mass is 19.1. The van der Waals surface area contributed by atoms with Gasteiger partial charge in [0.2, 0.25) is 0 Å². The number of nitrogens with zero attached hydrogens (tertiary/aromatic N) is 2. The zero-order valence-electron chi connectivity index (χ0n) is 16.5. The van der Waals surface area contributed by atoms with Crippen molar-refractivity contribution in [2.24, 2.45) is 0 Å². The van der Waals surface area contributed by atoms with Crippen LogP contribution in [0.25, 0.3) is 0 Å². The molecule has 0 aliphatic carbocycles. The number of nitrogens with one attached hydrogen (secondary N) is 1. The quantitative estimate of drug-likeness (QED) is 0.829. The molecule has 5 nitrogen and oxygen atoms in total. The van der Waals surface area contributed by atoms with Crippen molar-refractivity contribution in [2.45, 2.75) is 39.0 Å². The van der Waals surface area contributed by atoms with E-state index in [0.717, 1.165) is 16.7 Å². The van der Waals surface area contributed by atoms with Gasteiger partial charge >= 0.3 is 6.03 Å². The second kappa shape index (κ2) is 9.06. The van der Waals surface area contributed by atoms with Crippen molar-refractivity contribution in [3.63, 3.8) is 0 Å². The van der Waals surface area contributed by atoms with Crippen LogP contribution < -0.4 is 10.2 Å². The Morgan fingerprint density at radius 3 is 2.64 bits per heavy atom. The van der Waals surface area contributed by atoms with Crippen LogP contribution in [0, 0.1) is 12.7 Å². The van der Waals surface area contributed by atoms with Gasteiger partial charge in [-0.3, -0.25) is 0 Å². The Balaban J connectivity index is 1.54. The molecule has 2 aromatic carbocycles. The number of aryl methyl sites for hydroxylation is 1. The van der Waals surface area contributed by atoms with Crippen LogP contribution in [-0.4, -0.2) is 42.3 Å². The van der Waals surface area contributed by atoms with E-state index in [1.807, 2.05) is 42.2 Å². The standard InChI is InChI=1S/C22H28FN3O2/c1-16-5-3-4-6-18(16)15-25(2)22(28)24-14-17-7-8-21(20(23)13-17)26-11-9-19(27)10-12-26/h3-8,13,19,27H,9-12,14-15H2,1-2H3,(H,24,28). The minimum atomic E-state index is -0.295. The molecule has 1 fully saturated rings. The number of amides is 2. The fraction of sp³-hybridized carbons (Fsp3) is 0.409. The van der Waals surface area contributed by atoms with Crippen LogP contribution in [0.5, 0.6) is 0 Å². The maximum atomic E-state index is 14.5. The van der Waals surface area contributed by atoms with Crippen molar-refractivity contribution in [3.8, 4) is 0 Å². The van der Waals surface area contributed by atoms with Crippen LogP contribution in [0.4, 0.5) is 14.9 Å². The number of halogens is 1. The topological polar surface area (TPSA) is 55.8 Å². The first-order chi connectivity index (χ1) is 13.4. The Morgan fingerprint density at radius 2 is 1.96 bits per heavy atom. The number of carbonyl (C=O) groups excluding carboxylic acids is 1. The summed E-state index contributed by atoms with van der Waals surface area (Å²) in [5.74, 6) is -0.295. The molecule has 0 aromatic heterocycles. The van der Waals surface area contributed by atoms with E-state index in [1.54, 1.807) is 18.0 Å². The molecule has 0 radical (unpaired) electrons. The van der Waals surface area contributed by atoms with Gasteiger partial charge in [0, 0.05) is 33.2 Å². The van der Waals surface area contributed by atoms with E-state index in [4.69, 9.17) is 0 Å². The third-order valence-electron chi connectivity index (χ3n) is 5.28. The van der Waals surface area contributed by atoms with Gasteiger partial charge in [0.15, 0.2) is 0 Å². The molecule has 1 aliphatic rings. The third-order valence-corrected chi connectivity index (χ3v) is 5.28. The van der Waals surface area contributed by atoms with E-state index in [-0.39, 0.29) is 24.5 Å². The molecule has 150 valence electrons. The molecule has 0 saturated carbocycles. The fourth-order valence-electron chi connectivity index (χ4n) is 3.45. The van der Waals surface area contributed by atoms with Crippen LogP contribution in [0.15, 0.2) is 42.5 Å². The number of hydrogen-bond acceptors (Lipinski definition) is 3. The summed E-state index contributed by atoms with van der Waals surface area (Å²) in [6, 6.07) is 12.8. The summed E-state index contributed by atoms with van der Waals surface area (Å²) in [5.41, 5.74) is 3.52. The van der Waals surface area contributed by atoms with E-state index < -0.39 is 0 Å². The molecule has 2 aromatic rings. The van der Waals surface area contributed by atoms with Gasteiger partial charge in [-0.15, -0.1) is 0 Å². The molecule has 0 atom stereocenters. The summed E-state index contributed by atoms with van der Waals surface area (Å²) in [6.07, 6.45) is 1.03. The fourth-order valence-corrected chi connectivity index (χ4v) is 3.45. The summed E-state index contributed by atoms with van der Waals surface area (Å²) >= 11 is 0. The molecule has 2 N–H and O–H groups in total. The Hall–Kier alpha value is -2.60. The van der Waals surface area contributed by atoms with Gasteiger partial charge in [0.25, 0.3) is 0 Å². The number of aliphatic hydroxyl groups is 1. The van der Waals surface area contributed by atoms with Crippen LogP contribution in [0.3, 0.4) is 0 Å². The minimum Gasteiger partial charge on any atom is -0.393 e. The largest absolute Gasteiger partial charge is 0.393 e. The van der Waals surface area contributed by atoms with Crippen molar-refractivity contribution in [1.82, 2.24) is 10.2 Å². The number of aliphatic hydroxyl groups excluding tert-OH is 1. The SMILES string of the molecule is Cc1ccccc1CN(C)C(=O)NCc1ccc(N2CCC(O)CC2)c(F)c1. The van der Waals surface area contributed by atoms with Crippen molar-refractivity contribution in [3.05, 3.63) is 65.0 Å². The van der Waals surface area contributed by atoms with Gasteiger partial charge in [0.05, 0.1) is 11.8 Å². The highest BCUT2D eigenvalue weighted by molar-refractivity contribution is 5.73. The third kappa shape index (κ3) is 5.01. The lowest BCUT2D eigenvalue weighted by Gasteiger charge is -2.31. The minimum absolute atomic E-state index is 0.197. The van der Waals surface area contributed by atoms with E-state index in [0.29, 0.717) is 38.2 Å². The van der Waals surface area contributed by atoms with Crippen LogP contribution in [0.1, 0.15) is 29.5 Å². The lowest BCUT2D eigenvalue weighted by Crippen LogP contribution is -2.37. The van der Waals surface area contributed by atoms with E-state index in [1.165, 1.54) is 6.07 Å². The average Bonchev–Trinajstić information content (AvgIpc) is 2.69. The lowest BCUT2D eigenvalue weighted by atomic mass is 10.1. The second-order valence-electron chi connectivity index (χ2n) is 7.45. The summed E-state index contributed by atoms with van der Waals surface area (Å²) in [5, 5.41) is 12.4.